The number of ether oxygens (including phenoxy) is 9. The Morgan fingerprint density at radius 2 is 1.49 bits per heavy atom. The third-order valence-electron chi connectivity index (χ3n) is 26.3. The highest BCUT2D eigenvalue weighted by molar-refractivity contribution is 6.39. The Morgan fingerprint density at radius 3 is 2.25 bits per heavy atom. The van der Waals surface area contributed by atoms with E-state index in [1.165, 1.54) is 13.4 Å². The molecule has 13 rings (SSSR count). The molecular weight excluding hydrogens is 1720 g/mol. The second-order valence-electron chi connectivity index (χ2n) is 36.0. The van der Waals surface area contributed by atoms with Gasteiger partial charge in [-0.1, -0.05) is 92.8 Å². The highest BCUT2D eigenvalue weighted by Crippen LogP contribution is 2.42. The van der Waals surface area contributed by atoms with Crippen LogP contribution in [0.15, 0.2) is 126 Å². The molecule has 10 heterocycles. The highest BCUT2D eigenvalue weighted by Gasteiger charge is 2.53. The number of aryl methyl sites for hydroxylation is 1. The normalized spacial score (nSPS) is 26.6. The van der Waals surface area contributed by atoms with Crippen LogP contribution in [0.1, 0.15) is 150 Å². The highest BCUT2D eigenvalue weighted by atomic mass is 16.6. The number of esters is 1. The molecule has 1 saturated carbocycles. The van der Waals surface area contributed by atoms with Crippen molar-refractivity contribution in [2.24, 2.45) is 35.3 Å². The Labute approximate surface area is 780 Å². The fraction of sp³-hybridized carbons (Fsp3) is 0.583. The maximum atomic E-state index is 14.9. The third-order valence-corrected chi connectivity index (χ3v) is 26.3. The number of nitrogen functional groups attached to an aromatic ring is 2. The van der Waals surface area contributed by atoms with Crippen LogP contribution in [0.2, 0.25) is 0 Å². The number of nitrogens with zero attached hydrogens (tertiary/aromatic N) is 16. The first-order chi connectivity index (χ1) is 64.8. The molecule has 1 aliphatic carbocycles. The molecule has 724 valence electrons. The Kier molecular flexibility index (Phi) is 36.4. The SMILES string of the molecule is CO[C@H]1C[C@@H]2CC[C@@H](C)[C@@](O)(O2)C(=O)C(=O)N2CCCC[C@H]2C(=O)O[C@H]([C@H](N)C[C@@H]2CC[C@H](n3nncc3-c3cccc(-c4cnc(N5CCN(Cc6cn(CCOCCOCCOCCOCCC(=O)NCCCCn7nc(-c8ccc9oc(N)nc9c8)c8c(N)ncnc87)nn6)CC5)nc4)c3)[C@H](OC)C2)CC(=O)[C@H](C)/C=C(\C)[C@@H](O)[C@@H](OC)C(=O)[C@H](C)C[C@H](C)/C=C/C=C/C=C/1C. The monoisotopic (exact) mass is 1850 g/mol. The van der Waals surface area contributed by atoms with E-state index in [1.807, 2.05) is 97.8 Å². The summed E-state index contributed by atoms with van der Waals surface area (Å²) < 4.78 is 64.2. The number of ketones is 3. The number of fused-ring (bicyclic) bond motifs is 5. The van der Waals surface area contributed by atoms with E-state index in [0.717, 1.165) is 83.1 Å². The number of benzene rings is 2. The molecule has 3 saturated heterocycles. The number of rotatable bonds is 33. The van der Waals surface area contributed by atoms with Gasteiger partial charge in [0.2, 0.25) is 17.6 Å². The number of nitrogens with one attached hydrogen (secondary N) is 1. The first kappa shape index (κ1) is 101. The van der Waals surface area contributed by atoms with Crippen LogP contribution < -0.4 is 27.4 Å². The number of nitrogens with two attached hydrogens (primary N) is 3. The van der Waals surface area contributed by atoms with Crippen LogP contribution in [0, 0.1) is 29.6 Å². The van der Waals surface area contributed by atoms with Gasteiger partial charge in [0.25, 0.3) is 17.7 Å². The Hall–Kier alpha value is -10.9. The van der Waals surface area contributed by atoms with Crippen LogP contribution in [0.3, 0.4) is 0 Å². The van der Waals surface area contributed by atoms with Gasteiger partial charge in [-0.15, -0.1) is 10.2 Å². The molecule has 0 unspecified atom stereocenters. The Balaban J connectivity index is 0.531. The minimum Gasteiger partial charge on any atom is -0.459 e. The topological polar surface area (TPSA) is 483 Å². The van der Waals surface area contributed by atoms with E-state index in [9.17, 15) is 39.0 Å². The number of unbranched alkanes of at least 4 members (excludes halogenated alkanes) is 1. The largest absolute Gasteiger partial charge is 0.459 e. The number of cyclic esters (lactones) is 1. The van der Waals surface area contributed by atoms with Gasteiger partial charge >= 0.3 is 5.97 Å². The van der Waals surface area contributed by atoms with Gasteiger partial charge in [-0.2, -0.15) is 10.1 Å². The zero-order chi connectivity index (χ0) is 95.0. The average molecular weight is 1850 g/mol. The van der Waals surface area contributed by atoms with Crippen LogP contribution in [0.5, 0.6) is 0 Å². The van der Waals surface area contributed by atoms with E-state index in [1.54, 1.807) is 69.6 Å². The summed E-state index contributed by atoms with van der Waals surface area (Å²) in [7, 11) is 4.60. The molecule has 0 radical (unpaired) electrons. The molecule has 9 N–H and O–H groups in total. The van der Waals surface area contributed by atoms with Crippen molar-refractivity contribution in [3.8, 4) is 33.6 Å². The van der Waals surface area contributed by atoms with Crippen molar-refractivity contribution >= 4 is 75.0 Å². The molecule has 0 spiro atoms. The molecule has 2 aromatic carbocycles. The number of hydrogen-bond acceptors (Lipinski definition) is 33. The number of allylic oxidation sites excluding steroid dienone is 6. The molecular formula is C96H132N20O18. The number of aliphatic hydroxyl groups is 2. The van der Waals surface area contributed by atoms with Crippen LogP contribution in [0.4, 0.5) is 17.8 Å². The molecule has 6 aromatic heterocycles. The summed E-state index contributed by atoms with van der Waals surface area (Å²) in [6.07, 6.45) is 20.8. The predicted molar refractivity (Wildman–Crippen MR) is 498 cm³/mol. The number of carbonyl (C=O) groups excluding carboxylic acids is 6. The fourth-order valence-corrected chi connectivity index (χ4v) is 18.5. The van der Waals surface area contributed by atoms with Crippen molar-refractivity contribution in [1.29, 1.82) is 0 Å². The van der Waals surface area contributed by atoms with Gasteiger partial charge in [-0.05, 0) is 144 Å². The predicted octanol–water partition coefficient (Wildman–Crippen LogP) is 8.55. The zero-order valence-corrected chi connectivity index (χ0v) is 78.4. The van der Waals surface area contributed by atoms with Gasteiger partial charge in [0, 0.05) is 152 Å². The van der Waals surface area contributed by atoms with Gasteiger partial charge < -0.3 is 89.6 Å². The summed E-state index contributed by atoms with van der Waals surface area (Å²) in [5.74, 6) is -7.63. The number of aliphatic hydroxyl groups excluding tert-OH is 1. The van der Waals surface area contributed by atoms with Gasteiger partial charge in [0.05, 0.1) is 107 Å². The number of amides is 2. The molecule has 15 atom stereocenters. The van der Waals surface area contributed by atoms with Crippen molar-refractivity contribution in [2.45, 2.75) is 218 Å². The second-order valence-corrected chi connectivity index (χ2v) is 36.0. The van der Waals surface area contributed by atoms with Gasteiger partial charge in [0.15, 0.2) is 17.0 Å². The average Bonchev–Trinajstić information content (AvgIpc) is 1.57. The lowest BCUT2D eigenvalue weighted by atomic mass is 9.79. The number of anilines is 3. The summed E-state index contributed by atoms with van der Waals surface area (Å²) in [6.45, 7) is 19.1. The zero-order valence-electron chi connectivity index (χ0n) is 78.4. The summed E-state index contributed by atoms with van der Waals surface area (Å²) in [5.41, 5.74) is 27.9. The van der Waals surface area contributed by atoms with Crippen LogP contribution in [-0.2, 0) is 91.0 Å². The molecule has 134 heavy (non-hydrogen) atoms. The molecule has 38 heteroatoms. The molecule has 8 aromatic rings. The molecule has 38 nitrogen and oxygen atoms in total. The van der Waals surface area contributed by atoms with Crippen molar-refractivity contribution in [1.82, 2.24) is 79.8 Å². The van der Waals surface area contributed by atoms with Crippen LogP contribution >= 0.6 is 0 Å². The Bertz CT molecular complexity index is 5360. The lowest BCUT2D eigenvalue weighted by molar-refractivity contribution is -0.265. The van der Waals surface area contributed by atoms with Crippen molar-refractivity contribution in [3.63, 3.8) is 0 Å². The maximum absolute atomic E-state index is 14.9. The maximum Gasteiger partial charge on any atom is 0.329 e. The number of piperazine rings is 1. The summed E-state index contributed by atoms with van der Waals surface area (Å²) in [4.78, 5) is 114. The van der Waals surface area contributed by atoms with E-state index in [0.29, 0.717) is 175 Å². The van der Waals surface area contributed by atoms with Crippen LogP contribution in [-0.4, -0.2) is 288 Å². The third kappa shape index (κ3) is 26.2. The number of piperidine rings is 1. The van der Waals surface area contributed by atoms with Crippen molar-refractivity contribution in [2.75, 3.05) is 130 Å². The van der Waals surface area contributed by atoms with E-state index in [2.05, 4.69) is 56.8 Å². The van der Waals surface area contributed by atoms with E-state index in [-0.39, 0.29) is 86.3 Å². The molecule has 2 amide bonds. The fourth-order valence-electron chi connectivity index (χ4n) is 18.5. The Morgan fingerprint density at radius 1 is 0.739 bits per heavy atom. The molecule has 4 fully saturated rings. The first-order valence-electron chi connectivity index (χ1n) is 46.9. The van der Waals surface area contributed by atoms with Crippen molar-refractivity contribution < 1.29 is 86.0 Å². The number of methoxy groups -OCH3 is 3. The van der Waals surface area contributed by atoms with Crippen molar-refractivity contribution in [3.05, 3.63) is 127 Å². The summed E-state index contributed by atoms with van der Waals surface area (Å²) in [5, 5.41) is 50.2. The summed E-state index contributed by atoms with van der Waals surface area (Å²) >= 11 is 0. The quantitative estimate of drug-likeness (QED) is 0.00970. The first-order valence-corrected chi connectivity index (χ1v) is 46.9. The lowest BCUT2D eigenvalue weighted by Crippen LogP contribution is -2.61. The van der Waals surface area contributed by atoms with E-state index < -0.39 is 83.8 Å². The van der Waals surface area contributed by atoms with E-state index in [4.69, 9.17) is 79.3 Å². The van der Waals surface area contributed by atoms with Gasteiger partial charge in [0.1, 0.15) is 53.5 Å². The number of Topliss-reactive ketones (excluding diaryl/α,β-unsaturated/α-hetero) is 3. The standard InChI is InChI=1S/C96H132N20O18/c1-60-18-11-10-12-19-61(2)80(125-7)52-72-26-23-65(6)96(124,134-72)89(121)92(122)114-31-15-13-22-76(114)93(123)132-81(53-78(117)62(3)47-64(5)87(120)88(127-9)86(119)63(4)46-60)73(97)48-66-24-27-75(82(49-66)126-8)116-77(56-105-109-116)68-21-17-20-67(50-68)70-54-101-95(102-55-70)112-35-33-111(34-36-112)57-71-58-113(110-107-71)37-39-129-41-43-131-45-44-130-42-40-128-38-29-83(118)100-30-14-16-32-115-91-84(90(98)103-59-104-91)85(108-115)69-25-28-79-74(51-69)106-94(99)133-79/h10-12,17-21,25,28,47,50-51,54-56,58-60,62-63,65-66,72-73,75-76,80-82,87-88,120,124H,13-16,22-24,26-27,29-46,48-49,52-53,57,97H2,1-9H3,(H2,99,106)(H,100,118)(H2,98,103,104)/b12-10+,18-11+,61-19+,64-47+/t60-,62-,63-,65-,66+,72+,73-,75+,76+,80+,81+,82-,87-,88+,96-/m1/s1. The number of hydrogen-bond donors (Lipinski definition) is 6. The summed E-state index contributed by atoms with van der Waals surface area (Å²) in [6, 6.07) is 11.2. The second kappa shape index (κ2) is 48.5. The molecule has 2 bridgehead atoms. The van der Waals surface area contributed by atoms with E-state index >= 15 is 0 Å². The van der Waals surface area contributed by atoms with Gasteiger partial charge in [-0.25, -0.2) is 38.8 Å². The van der Waals surface area contributed by atoms with Gasteiger partial charge in [-0.3, -0.25) is 28.9 Å². The number of aromatic nitrogens is 13. The number of oxazole rings is 1. The minimum absolute atomic E-state index is 0.0212. The molecule has 4 aliphatic heterocycles. The smallest absolute Gasteiger partial charge is 0.329 e. The molecule has 5 aliphatic rings. The van der Waals surface area contributed by atoms with Crippen LogP contribution in [0.25, 0.3) is 55.8 Å². The number of carbonyl (C=O) groups is 6. The minimum atomic E-state index is -2.50. The lowest BCUT2D eigenvalue weighted by Gasteiger charge is -2.42.